The standard InChI is InChI=1S/C12H10ClNO/c1-7-9-3-4-11(13)12(8(2)15)10(9)5-6-14-7/h3-6H,1-2H3. The minimum Gasteiger partial charge on any atom is -0.294 e. The minimum atomic E-state index is -0.0174. The lowest BCUT2D eigenvalue weighted by Crippen LogP contribution is -1.96. The van der Waals surface area contributed by atoms with Crippen LogP contribution in [0.4, 0.5) is 0 Å². The largest absolute Gasteiger partial charge is 0.294 e. The van der Waals surface area contributed by atoms with Gasteiger partial charge in [0.1, 0.15) is 0 Å². The molecule has 2 nitrogen and oxygen atoms in total. The van der Waals surface area contributed by atoms with E-state index in [4.69, 9.17) is 11.6 Å². The Balaban J connectivity index is 2.94. The number of benzene rings is 1. The lowest BCUT2D eigenvalue weighted by molar-refractivity contribution is 0.101. The van der Waals surface area contributed by atoms with E-state index in [9.17, 15) is 4.79 Å². The second-order valence-corrected chi connectivity index (χ2v) is 3.88. The maximum Gasteiger partial charge on any atom is 0.161 e. The lowest BCUT2D eigenvalue weighted by atomic mass is 10.0. The number of carbonyl (C=O) groups is 1. The molecule has 0 aliphatic heterocycles. The Hall–Kier alpha value is -1.41. The van der Waals surface area contributed by atoms with E-state index in [2.05, 4.69) is 4.98 Å². The molecule has 0 N–H and O–H groups in total. The lowest BCUT2D eigenvalue weighted by Gasteiger charge is -2.07. The van der Waals surface area contributed by atoms with Gasteiger partial charge in [-0.25, -0.2) is 0 Å². The maximum absolute atomic E-state index is 11.5. The molecule has 15 heavy (non-hydrogen) atoms. The quantitative estimate of drug-likeness (QED) is 0.688. The van der Waals surface area contributed by atoms with E-state index < -0.39 is 0 Å². The van der Waals surface area contributed by atoms with Crippen molar-refractivity contribution in [1.82, 2.24) is 4.98 Å². The molecule has 1 aromatic carbocycles. The first-order chi connectivity index (χ1) is 7.11. The molecule has 0 aliphatic carbocycles. The molecule has 0 amide bonds. The van der Waals surface area contributed by atoms with E-state index in [0.29, 0.717) is 10.6 Å². The molecule has 3 heteroatoms. The van der Waals surface area contributed by atoms with Gasteiger partial charge in [-0.2, -0.15) is 0 Å². The zero-order valence-electron chi connectivity index (χ0n) is 8.54. The van der Waals surface area contributed by atoms with E-state index in [1.54, 1.807) is 12.3 Å². The van der Waals surface area contributed by atoms with Gasteiger partial charge in [-0.05, 0) is 31.4 Å². The Morgan fingerprint density at radius 2 is 2.00 bits per heavy atom. The van der Waals surface area contributed by atoms with Crippen molar-refractivity contribution in [3.05, 3.63) is 40.7 Å². The van der Waals surface area contributed by atoms with Crippen LogP contribution < -0.4 is 0 Å². The van der Waals surface area contributed by atoms with Crippen molar-refractivity contribution < 1.29 is 4.79 Å². The average Bonchev–Trinajstić information content (AvgIpc) is 2.17. The summed E-state index contributed by atoms with van der Waals surface area (Å²) in [5.41, 5.74) is 1.49. The molecule has 0 aliphatic rings. The van der Waals surface area contributed by atoms with Gasteiger partial charge < -0.3 is 0 Å². The van der Waals surface area contributed by atoms with Gasteiger partial charge in [-0.1, -0.05) is 17.7 Å². The number of aromatic nitrogens is 1. The summed E-state index contributed by atoms with van der Waals surface area (Å²) in [5, 5.41) is 2.36. The van der Waals surface area contributed by atoms with Crippen LogP contribution in [0.15, 0.2) is 24.4 Å². The topological polar surface area (TPSA) is 30.0 Å². The van der Waals surface area contributed by atoms with Gasteiger partial charge in [-0.3, -0.25) is 9.78 Å². The van der Waals surface area contributed by atoms with Gasteiger partial charge in [0.2, 0.25) is 0 Å². The fraction of sp³-hybridized carbons (Fsp3) is 0.167. The molecular weight excluding hydrogens is 210 g/mol. The number of hydrogen-bond acceptors (Lipinski definition) is 2. The summed E-state index contributed by atoms with van der Waals surface area (Å²) in [5.74, 6) is -0.0174. The molecule has 76 valence electrons. The first-order valence-electron chi connectivity index (χ1n) is 4.66. The number of nitrogens with zero attached hydrogens (tertiary/aromatic N) is 1. The molecule has 0 spiro atoms. The summed E-state index contributed by atoms with van der Waals surface area (Å²) in [6.45, 7) is 3.44. The number of hydrogen-bond donors (Lipinski definition) is 0. The summed E-state index contributed by atoms with van der Waals surface area (Å²) in [6, 6.07) is 5.46. The van der Waals surface area contributed by atoms with Crippen LogP contribution in [0, 0.1) is 6.92 Å². The Bertz CT molecular complexity index is 549. The Morgan fingerprint density at radius 3 is 2.67 bits per heavy atom. The number of halogens is 1. The maximum atomic E-state index is 11.5. The Morgan fingerprint density at radius 1 is 1.27 bits per heavy atom. The summed E-state index contributed by atoms with van der Waals surface area (Å²) in [4.78, 5) is 15.7. The van der Waals surface area contributed by atoms with E-state index in [0.717, 1.165) is 16.5 Å². The zero-order chi connectivity index (χ0) is 11.0. The number of Topliss-reactive ketones (excluding diaryl/α,β-unsaturated/α-hetero) is 1. The highest BCUT2D eigenvalue weighted by molar-refractivity contribution is 6.35. The number of carbonyl (C=O) groups excluding carboxylic acids is 1. The number of fused-ring (bicyclic) bond motifs is 1. The van der Waals surface area contributed by atoms with E-state index in [-0.39, 0.29) is 5.78 Å². The summed E-state index contributed by atoms with van der Waals surface area (Å²) < 4.78 is 0. The summed E-state index contributed by atoms with van der Waals surface area (Å²) >= 11 is 6.01. The van der Waals surface area contributed by atoms with Crippen LogP contribution in [0.2, 0.25) is 5.02 Å². The minimum absolute atomic E-state index is 0.0174. The molecule has 2 rings (SSSR count). The highest BCUT2D eigenvalue weighted by Gasteiger charge is 2.11. The highest BCUT2D eigenvalue weighted by Crippen LogP contribution is 2.27. The molecule has 0 saturated heterocycles. The number of pyridine rings is 1. The monoisotopic (exact) mass is 219 g/mol. The van der Waals surface area contributed by atoms with Crippen LogP contribution in [0.3, 0.4) is 0 Å². The average molecular weight is 220 g/mol. The number of rotatable bonds is 1. The van der Waals surface area contributed by atoms with E-state index in [1.165, 1.54) is 6.92 Å². The molecule has 1 aromatic heterocycles. The Kier molecular flexibility index (Phi) is 2.45. The van der Waals surface area contributed by atoms with Crippen molar-refractivity contribution in [3.8, 4) is 0 Å². The normalized spacial score (nSPS) is 10.6. The van der Waals surface area contributed by atoms with Crippen LogP contribution in [-0.4, -0.2) is 10.8 Å². The van der Waals surface area contributed by atoms with Crippen molar-refractivity contribution >= 4 is 28.2 Å². The van der Waals surface area contributed by atoms with Gasteiger partial charge in [0.25, 0.3) is 0 Å². The molecule has 1 heterocycles. The van der Waals surface area contributed by atoms with Gasteiger partial charge in [0.15, 0.2) is 5.78 Å². The molecule has 0 fully saturated rings. The smallest absolute Gasteiger partial charge is 0.161 e. The van der Waals surface area contributed by atoms with Gasteiger partial charge in [-0.15, -0.1) is 0 Å². The zero-order valence-corrected chi connectivity index (χ0v) is 9.30. The third-order valence-electron chi connectivity index (χ3n) is 2.45. The van der Waals surface area contributed by atoms with Crippen molar-refractivity contribution in [2.75, 3.05) is 0 Å². The van der Waals surface area contributed by atoms with Crippen molar-refractivity contribution in [3.63, 3.8) is 0 Å². The van der Waals surface area contributed by atoms with Crippen LogP contribution in [0.5, 0.6) is 0 Å². The first kappa shape index (κ1) is 10.1. The third-order valence-corrected chi connectivity index (χ3v) is 2.76. The van der Waals surface area contributed by atoms with E-state index in [1.807, 2.05) is 19.1 Å². The molecule has 0 radical (unpaired) electrons. The van der Waals surface area contributed by atoms with Gasteiger partial charge >= 0.3 is 0 Å². The Labute approximate surface area is 92.9 Å². The van der Waals surface area contributed by atoms with Crippen molar-refractivity contribution in [1.29, 1.82) is 0 Å². The first-order valence-corrected chi connectivity index (χ1v) is 5.04. The molecule has 0 saturated carbocycles. The van der Waals surface area contributed by atoms with Crippen LogP contribution in [-0.2, 0) is 0 Å². The molecule has 0 bridgehead atoms. The van der Waals surface area contributed by atoms with Crippen LogP contribution in [0.1, 0.15) is 23.0 Å². The SMILES string of the molecule is CC(=O)c1c(Cl)ccc2c(C)nccc12. The highest BCUT2D eigenvalue weighted by atomic mass is 35.5. The fourth-order valence-electron chi connectivity index (χ4n) is 1.73. The number of ketones is 1. The number of aryl methyl sites for hydroxylation is 1. The summed E-state index contributed by atoms with van der Waals surface area (Å²) in [7, 11) is 0. The van der Waals surface area contributed by atoms with Crippen molar-refractivity contribution in [2.45, 2.75) is 13.8 Å². The predicted molar refractivity (Wildman–Crippen MR) is 61.5 cm³/mol. The third kappa shape index (κ3) is 1.61. The van der Waals surface area contributed by atoms with Gasteiger partial charge in [0.05, 0.1) is 5.02 Å². The van der Waals surface area contributed by atoms with Gasteiger partial charge in [0, 0.05) is 22.8 Å². The van der Waals surface area contributed by atoms with Crippen molar-refractivity contribution in [2.24, 2.45) is 0 Å². The second kappa shape index (κ2) is 3.63. The molecule has 2 aromatic rings. The summed E-state index contributed by atoms with van der Waals surface area (Å²) in [6.07, 6.45) is 1.69. The fourth-order valence-corrected chi connectivity index (χ4v) is 2.03. The van der Waals surface area contributed by atoms with E-state index >= 15 is 0 Å². The predicted octanol–water partition coefficient (Wildman–Crippen LogP) is 3.40. The second-order valence-electron chi connectivity index (χ2n) is 3.47. The van der Waals surface area contributed by atoms with Crippen LogP contribution >= 0.6 is 11.6 Å². The molecule has 0 atom stereocenters. The molecule has 0 unspecified atom stereocenters. The van der Waals surface area contributed by atoms with Crippen LogP contribution in [0.25, 0.3) is 10.8 Å². The molecular formula is C12H10ClNO.